The summed E-state index contributed by atoms with van der Waals surface area (Å²) >= 11 is 0. The number of aromatic nitrogens is 2. The van der Waals surface area contributed by atoms with Crippen LogP contribution in [0.1, 0.15) is 19.0 Å². The van der Waals surface area contributed by atoms with E-state index >= 15 is 0 Å². The van der Waals surface area contributed by atoms with Gasteiger partial charge < -0.3 is 14.4 Å². The highest BCUT2D eigenvalue weighted by atomic mass is 19.4. The predicted octanol–water partition coefficient (Wildman–Crippen LogP) is 3.55. The molecule has 3 rings (SSSR count). The number of rotatable bonds is 5. The number of ether oxygens (including phenoxy) is 2. The highest BCUT2D eigenvalue weighted by molar-refractivity contribution is 5.42. The van der Waals surface area contributed by atoms with Gasteiger partial charge in [-0.1, -0.05) is 19.1 Å². The van der Waals surface area contributed by atoms with Gasteiger partial charge in [0.05, 0.1) is 6.54 Å². The van der Waals surface area contributed by atoms with Crippen LogP contribution in [0.4, 0.5) is 19.0 Å². The van der Waals surface area contributed by atoms with Gasteiger partial charge in [0.15, 0.2) is 29.1 Å². The molecule has 1 atom stereocenters. The van der Waals surface area contributed by atoms with Crippen molar-refractivity contribution >= 4 is 5.82 Å². The zero-order valence-corrected chi connectivity index (χ0v) is 13.7. The lowest BCUT2D eigenvalue weighted by atomic mass is 10.2. The van der Waals surface area contributed by atoms with Crippen molar-refractivity contribution in [2.24, 2.45) is 0 Å². The number of halogens is 3. The number of para-hydroxylation sites is 2. The fraction of sp³-hybridized carbons (Fsp3) is 0.412. The minimum absolute atomic E-state index is 0.245. The number of alkyl halides is 3. The molecule has 25 heavy (non-hydrogen) atoms. The summed E-state index contributed by atoms with van der Waals surface area (Å²) in [6.07, 6.45) is -3.93. The normalized spacial score (nSPS) is 16.6. The molecule has 1 aliphatic rings. The fourth-order valence-electron chi connectivity index (χ4n) is 2.61. The number of nitrogens with zero attached hydrogens (tertiary/aromatic N) is 3. The van der Waals surface area contributed by atoms with E-state index in [0.29, 0.717) is 37.0 Å². The van der Waals surface area contributed by atoms with Crippen molar-refractivity contribution < 1.29 is 22.6 Å². The topological polar surface area (TPSA) is 47.5 Å². The van der Waals surface area contributed by atoms with E-state index in [9.17, 15) is 13.2 Å². The van der Waals surface area contributed by atoms with Crippen LogP contribution < -0.4 is 14.4 Å². The predicted molar refractivity (Wildman–Crippen MR) is 85.9 cm³/mol. The molecule has 8 heteroatoms. The standard InChI is InChI=1S/C17H18F3N3O2/c1-2-9-23(16-8-7-15(21-22-16)17(18,19)20)10-12-11-24-13-5-3-4-6-14(13)25-12/h3-8,12H,2,9-11H2,1H3. The molecule has 0 saturated heterocycles. The molecule has 1 aliphatic heterocycles. The summed E-state index contributed by atoms with van der Waals surface area (Å²) in [4.78, 5) is 1.86. The van der Waals surface area contributed by atoms with Gasteiger partial charge in [0.25, 0.3) is 0 Å². The van der Waals surface area contributed by atoms with E-state index in [4.69, 9.17) is 9.47 Å². The third-order valence-electron chi connectivity index (χ3n) is 3.75. The first-order chi connectivity index (χ1) is 12.0. The SMILES string of the molecule is CCCN(CC1COc2ccccc2O1)c1ccc(C(F)(F)F)nn1. The van der Waals surface area contributed by atoms with Crippen molar-refractivity contribution in [2.45, 2.75) is 25.6 Å². The van der Waals surface area contributed by atoms with Crippen LogP contribution in [0.25, 0.3) is 0 Å². The maximum absolute atomic E-state index is 12.6. The summed E-state index contributed by atoms with van der Waals surface area (Å²) < 4.78 is 49.5. The van der Waals surface area contributed by atoms with Crippen LogP contribution in [0.15, 0.2) is 36.4 Å². The highest BCUT2D eigenvalue weighted by Gasteiger charge is 2.33. The van der Waals surface area contributed by atoms with Crippen molar-refractivity contribution in [1.82, 2.24) is 10.2 Å². The Bertz CT molecular complexity index is 707. The molecule has 5 nitrogen and oxygen atoms in total. The van der Waals surface area contributed by atoms with Crippen LogP contribution in [-0.4, -0.2) is 36.0 Å². The molecule has 0 amide bonds. The lowest BCUT2D eigenvalue weighted by Crippen LogP contribution is -2.41. The molecule has 1 unspecified atom stereocenters. The minimum atomic E-state index is -4.49. The Morgan fingerprint density at radius 3 is 2.52 bits per heavy atom. The first-order valence-electron chi connectivity index (χ1n) is 8.01. The lowest BCUT2D eigenvalue weighted by molar-refractivity contribution is -0.141. The molecule has 2 heterocycles. The zero-order chi connectivity index (χ0) is 17.9. The molecular formula is C17H18F3N3O2. The maximum Gasteiger partial charge on any atom is 0.435 e. The Balaban J connectivity index is 1.72. The van der Waals surface area contributed by atoms with Gasteiger partial charge in [-0.2, -0.15) is 13.2 Å². The monoisotopic (exact) mass is 353 g/mol. The molecule has 0 saturated carbocycles. The van der Waals surface area contributed by atoms with E-state index < -0.39 is 11.9 Å². The molecular weight excluding hydrogens is 335 g/mol. The summed E-state index contributed by atoms with van der Waals surface area (Å²) in [5, 5.41) is 7.03. The Morgan fingerprint density at radius 1 is 1.12 bits per heavy atom. The van der Waals surface area contributed by atoms with Crippen molar-refractivity contribution in [3.05, 3.63) is 42.1 Å². The fourth-order valence-corrected chi connectivity index (χ4v) is 2.61. The molecule has 0 spiro atoms. The van der Waals surface area contributed by atoms with Crippen LogP contribution in [0, 0.1) is 0 Å². The second-order valence-corrected chi connectivity index (χ2v) is 5.72. The molecule has 2 aromatic rings. The largest absolute Gasteiger partial charge is 0.486 e. The van der Waals surface area contributed by atoms with Gasteiger partial charge in [0, 0.05) is 6.54 Å². The molecule has 0 bridgehead atoms. The average molecular weight is 353 g/mol. The Labute approximate surface area is 143 Å². The van der Waals surface area contributed by atoms with Crippen molar-refractivity contribution in [3.8, 4) is 11.5 Å². The summed E-state index contributed by atoms with van der Waals surface area (Å²) in [5.74, 6) is 1.74. The van der Waals surface area contributed by atoms with Crippen molar-refractivity contribution in [2.75, 3.05) is 24.6 Å². The number of benzene rings is 1. The van der Waals surface area contributed by atoms with Gasteiger partial charge in [0.1, 0.15) is 6.61 Å². The van der Waals surface area contributed by atoms with Gasteiger partial charge >= 0.3 is 6.18 Å². The molecule has 0 aliphatic carbocycles. The van der Waals surface area contributed by atoms with E-state index in [2.05, 4.69) is 10.2 Å². The molecule has 1 aromatic heterocycles. The summed E-state index contributed by atoms with van der Waals surface area (Å²) in [7, 11) is 0. The van der Waals surface area contributed by atoms with Gasteiger partial charge in [-0.25, -0.2) is 0 Å². The van der Waals surface area contributed by atoms with E-state index in [-0.39, 0.29) is 6.10 Å². The molecule has 1 aromatic carbocycles. The second-order valence-electron chi connectivity index (χ2n) is 5.72. The maximum atomic E-state index is 12.6. The zero-order valence-electron chi connectivity index (χ0n) is 13.7. The van der Waals surface area contributed by atoms with E-state index in [1.165, 1.54) is 6.07 Å². The quantitative estimate of drug-likeness (QED) is 0.823. The Hall–Kier alpha value is -2.51. The van der Waals surface area contributed by atoms with Crippen LogP contribution >= 0.6 is 0 Å². The highest BCUT2D eigenvalue weighted by Crippen LogP contribution is 2.31. The lowest BCUT2D eigenvalue weighted by Gasteiger charge is -2.31. The van der Waals surface area contributed by atoms with Gasteiger partial charge in [-0.3, -0.25) is 0 Å². The first kappa shape index (κ1) is 17.3. The number of hydrogen-bond acceptors (Lipinski definition) is 5. The van der Waals surface area contributed by atoms with E-state index in [0.717, 1.165) is 12.5 Å². The third kappa shape index (κ3) is 4.12. The van der Waals surface area contributed by atoms with Crippen molar-refractivity contribution in [3.63, 3.8) is 0 Å². The number of fused-ring (bicyclic) bond motifs is 1. The smallest absolute Gasteiger partial charge is 0.435 e. The minimum Gasteiger partial charge on any atom is -0.486 e. The van der Waals surface area contributed by atoms with Gasteiger partial charge in [-0.15, -0.1) is 10.2 Å². The average Bonchev–Trinajstić information content (AvgIpc) is 2.61. The van der Waals surface area contributed by atoms with Crippen LogP contribution in [0.5, 0.6) is 11.5 Å². The Kier molecular flexibility index (Phi) is 4.96. The van der Waals surface area contributed by atoms with E-state index in [1.807, 2.05) is 36.1 Å². The Morgan fingerprint density at radius 2 is 1.88 bits per heavy atom. The van der Waals surface area contributed by atoms with Crippen LogP contribution in [0.2, 0.25) is 0 Å². The van der Waals surface area contributed by atoms with Crippen LogP contribution in [0.3, 0.4) is 0 Å². The second kappa shape index (κ2) is 7.16. The molecule has 134 valence electrons. The van der Waals surface area contributed by atoms with Crippen LogP contribution in [-0.2, 0) is 6.18 Å². The van der Waals surface area contributed by atoms with Gasteiger partial charge in [-0.05, 0) is 30.7 Å². The molecule has 0 fully saturated rings. The molecule has 0 N–H and O–H groups in total. The summed E-state index contributed by atoms with van der Waals surface area (Å²) in [5.41, 5.74) is -1.00. The molecule has 0 radical (unpaired) electrons. The number of anilines is 1. The van der Waals surface area contributed by atoms with Crippen molar-refractivity contribution in [1.29, 1.82) is 0 Å². The third-order valence-corrected chi connectivity index (χ3v) is 3.75. The first-order valence-corrected chi connectivity index (χ1v) is 8.01. The van der Waals surface area contributed by atoms with Gasteiger partial charge in [0.2, 0.25) is 0 Å². The summed E-state index contributed by atoms with van der Waals surface area (Å²) in [6, 6.07) is 9.65. The number of hydrogen-bond donors (Lipinski definition) is 0. The summed E-state index contributed by atoms with van der Waals surface area (Å²) in [6.45, 7) is 3.42. The van der Waals surface area contributed by atoms with E-state index in [1.54, 1.807) is 0 Å².